The average molecular weight is 495 g/mol. The Bertz CT molecular complexity index is 1300. The van der Waals surface area contributed by atoms with Crippen LogP contribution in [0, 0.1) is 0 Å². The van der Waals surface area contributed by atoms with E-state index in [-0.39, 0.29) is 12.1 Å². The van der Waals surface area contributed by atoms with Gasteiger partial charge in [0.1, 0.15) is 11.5 Å². The van der Waals surface area contributed by atoms with E-state index in [0.717, 1.165) is 22.9 Å². The van der Waals surface area contributed by atoms with Crippen molar-refractivity contribution in [3.63, 3.8) is 0 Å². The van der Waals surface area contributed by atoms with Crippen molar-refractivity contribution in [2.24, 2.45) is 0 Å². The number of pyridine rings is 1. The van der Waals surface area contributed by atoms with E-state index in [1.807, 2.05) is 60.8 Å². The van der Waals surface area contributed by atoms with Gasteiger partial charge in [-0.2, -0.15) is 0 Å². The van der Waals surface area contributed by atoms with Crippen LogP contribution in [0.4, 0.5) is 5.69 Å². The molecular formula is C30H30N4OS. The summed E-state index contributed by atoms with van der Waals surface area (Å²) < 4.78 is 8.43. The molecule has 2 fully saturated rings. The maximum Gasteiger partial charge on any atom is 0.174 e. The number of nitrogens with zero attached hydrogens (tertiary/aromatic N) is 3. The molecule has 0 radical (unpaired) electrons. The average Bonchev–Trinajstić information content (AvgIpc) is 3.56. The number of rotatable bonds is 6. The molecule has 5 nitrogen and oxygen atoms in total. The zero-order valence-corrected chi connectivity index (χ0v) is 21.0. The van der Waals surface area contributed by atoms with E-state index in [4.69, 9.17) is 17.0 Å². The van der Waals surface area contributed by atoms with Gasteiger partial charge in [0.25, 0.3) is 0 Å². The summed E-state index contributed by atoms with van der Waals surface area (Å²) in [5, 5.41) is 4.27. The lowest BCUT2D eigenvalue weighted by Gasteiger charge is -2.28. The Morgan fingerprint density at radius 3 is 2.33 bits per heavy atom. The fraction of sp³-hybridized carbons (Fsp3) is 0.267. The van der Waals surface area contributed by atoms with Crippen molar-refractivity contribution in [3.05, 3.63) is 109 Å². The molecule has 1 N–H and O–H groups in total. The molecule has 6 heteroatoms. The van der Waals surface area contributed by atoms with Gasteiger partial charge in [-0.15, -0.1) is 0 Å². The molecular weight excluding hydrogens is 464 g/mol. The van der Waals surface area contributed by atoms with E-state index in [9.17, 15) is 0 Å². The maximum absolute atomic E-state index is 6.01. The molecule has 2 atom stereocenters. The molecule has 0 bridgehead atoms. The Kier molecular flexibility index (Phi) is 6.43. The minimum atomic E-state index is -0.0406. The standard InChI is InChI=1S/C30H30N4OS/c36-30-32-28(27-13-7-8-19-31-27)29(22-18-20-33(21-22)23-9-3-1-4-10-23)34(30)24-14-16-26(17-15-24)35-25-11-5-2-6-12-25/h2,5-8,11-21,23,28-29H,1,3-4,9-10H2,(H,32,36). The van der Waals surface area contributed by atoms with Gasteiger partial charge in [-0.25, -0.2) is 0 Å². The summed E-state index contributed by atoms with van der Waals surface area (Å²) in [6.07, 6.45) is 12.9. The highest BCUT2D eigenvalue weighted by molar-refractivity contribution is 7.80. The van der Waals surface area contributed by atoms with E-state index in [1.165, 1.54) is 37.7 Å². The molecule has 36 heavy (non-hydrogen) atoms. The topological polar surface area (TPSA) is 42.3 Å². The molecule has 0 spiro atoms. The molecule has 0 amide bonds. The summed E-state index contributed by atoms with van der Waals surface area (Å²) in [5.74, 6) is 1.62. The third-order valence-corrected chi connectivity index (χ3v) is 7.58. The van der Waals surface area contributed by atoms with Gasteiger partial charge in [-0.1, -0.05) is 43.5 Å². The third kappa shape index (κ3) is 4.61. The Balaban J connectivity index is 1.33. The second-order valence-electron chi connectivity index (χ2n) is 9.59. The second kappa shape index (κ2) is 10.2. The first kappa shape index (κ1) is 22.8. The first-order valence-electron chi connectivity index (χ1n) is 12.8. The van der Waals surface area contributed by atoms with Gasteiger partial charge in [0.15, 0.2) is 5.11 Å². The summed E-state index contributed by atoms with van der Waals surface area (Å²) >= 11 is 5.90. The van der Waals surface area contributed by atoms with Crippen molar-refractivity contribution in [2.45, 2.75) is 50.2 Å². The molecule has 4 aromatic rings. The lowest BCUT2D eigenvalue weighted by molar-refractivity contribution is 0.353. The van der Waals surface area contributed by atoms with Crippen molar-refractivity contribution >= 4 is 23.0 Å². The van der Waals surface area contributed by atoms with E-state index >= 15 is 0 Å². The van der Waals surface area contributed by atoms with Gasteiger partial charge in [0.2, 0.25) is 0 Å². The number of anilines is 1. The number of benzene rings is 2. The van der Waals surface area contributed by atoms with E-state index in [0.29, 0.717) is 11.2 Å². The molecule has 1 aliphatic heterocycles. The lowest BCUT2D eigenvalue weighted by atomic mass is 9.95. The number of para-hydroxylation sites is 1. The molecule has 1 saturated heterocycles. The van der Waals surface area contributed by atoms with Crippen molar-refractivity contribution < 1.29 is 4.74 Å². The molecule has 2 unspecified atom stereocenters. The Morgan fingerprint density at radius 2 is 1.58 bits per heavy atom. The minimum Gasteiger partial charge on any atom is -0.457 e. The lowest BCUT2D eigenvalue weighted by Crippen LogP contribution is -2.29. The van der Waals surface area contributed by atoms with Gasteiger partial charge >= 0.3 is 0 Å². The quantitative estimate of drug-likeness (QED) is 0.284. The first-order valence-corrected chi connectivity index (χ1v) is 13.2. The van der Waals surface area contributed by atoms with Crippen LogP contribution in [-0.4, -0.2) is 14.7 Å². The van der Waals surface area contributed by atoms with Crippen LogP contribution in [0.2, 0.25) is 0 Å². The molecule has 6 rings (SSSR count). The van der Waals surface area contributed by atoms with Crippen LogP contribution in [0.5, 0.6) is 11.5 Å². The second-order valence-corrected chi connectivity index (χ2v) is 9.98. The Labute approximate surface area is 217 Å². The van der Waals surface area contributed by atoms with Crippen molar-refractivity contribution in [3.8, 4) is 11.5 Å². The van der Waals surface area contributed by atoms with Gasteiger partial charge in [0.05, 0.1) is 17.8 Å². The van der Waals surface area contributed by atoms with Gasteiger partial charge in [-0.05, 0) is 85.2 Å². The van der Waals surface area contributed by atoms with Crippen LogP contribution in [0.25, 0.3) is 0 Å². The highest BCUT2D eigenvalue weighted by Gasteiger charge is 2.41. The van der Waals surface area contributed by atoms with Gasteiger partial charge in [-0.3, -0.25) is 4.98 Å². The van der Waals surface area contributed by atoms with Crippen molar-refractivity contribution in [1.29, 1.82) is 0 Å². The minimum absolute atomic E-state index is 0.00173. The molecule has 1 aliphatic carbocycles. The van der Waals surface area contributed by atoms with Crippen LogP contribution in [-0.2, 0) is 0 Å². The normalized spacial score (nSPS) is 20.3. The van der Waals surface area contributed by atoms with Gasteiger partial charge in [0, 0.05) is 30.3 Å². The predicted octanol–water partition coefficient (Wildman–Crippen LogP) is 7.36. The van der Waals surface area contributed by atoms with E-state index in [2.05, 4.69) is 56.4 Å². The number of hydrogen-bond donors (Lipinski definition) is 1. The smallest absolute Gasteiger partial charge is 0.174 e. The monoisotopic (exact) mass is 494 g/mol. The number of ether oxygens (including phenoxy) is 1. The molecule has 2 aromatic heterocycles. The zero-order chi connectivity index (χ0) is 24.3. The van der Waals surface area contributed by atoms with E-state index in [1.54, 1.807) is 0 Å². The fourth-order valence-electron chi connectivity index (χ4n) is 5.48. The van der Waals surface area contributed by atoms with Crippen molar-refractivity contribution in [1.82, 2.24) is 14.9 Å². The van der Waals surface area contributed by atoms with Crippen LogP contribution in [0.15, 0.2) is 97.5 Å². The first-order chi connectivity index (χ1) is 17.8. The predicted molar refractivity (Wildman–Crippen MR) is 147 cm³/mol. The molecule has 1 saturated carbocycles. The fourth-order valence-corrected chi connectivity index (χ4v) is 5.83. The highest BCUT2D eigenvalue weighted by Crippen LogP contribution is 2.42. The van der Waals surface area contributed by atoms with Crippen LogP contribution >= 0.6 is 12.2 Å². The molecule has 2 aromatic carbocycles. The van der Waals surface area contributed by atoms with Crippen LogP contribution < -0.4 is 15.0 Å². The maximum atomic E-state index is 6.01. The van der Waals surface area contributed by atoms with Gasteiger partial charge < -0.3 is 19.5 Å². The van der Waals surface area contributed by atoms with Crippen LogP contribution in [0.1, 0.15) is 61.5 Å². The summed E-state index contributed by atoms with van der Waals surface area (Å²) in [5.41, 5.74) is 3.26. The summed E-state index contributed by atoms with van der Waals surface area (Å²) in [6, 6.07) is 26.9. The summed E-state index contributed by atoms with van der Waals surface area (Å²) in [7, 11) is 0. The highest BCUT2D eigenvalue weighted by atomic mass is 32.1. The molecule has 3 heterocycles. The van der Waals surface area contributed by atoms with E-state index < -0.39 is 0 Å². The number of hydrogen-bond acceptors (Lipinski definition) is 3. The number of aromatic nitrogens is 2. The van der Waals surface area contributed by atoms with Crippen molar-refractivity contribution in [2.75, 3.05) is 4.90 Å². The SMILES string of the molecule is S=C1NC(c2ccccn2)C(c2ccn(C3CCCCC3)c2)N1c1ccc(Oc2ccccc2)cc1. The summed E-state index contributed by atoms with van der Waals surface area (Å²) in [4.78, 5) is 6.90. The number of thiocarbonyl (C=S) groups is 1. The molecule has 182 valence electrons. The molecule has 2 aliphatic rings. The third-order valence-electron chi connectivity index (χ3n) is 7.27. The largest absolute Gasteiger partial charge is 0.457 e. The Hall–Kier alpha value is -3.64. The number of nitrogens with one attached hydrogen (secondary N) is 1. The summed E-state index contributed by atoms with van der Waals surface area (Å²) in [6.45, 7) is 0. The zero-order valence-electron chi connectivity index (χ0n) is 20.2. The van der Waals surface area contributed by atoms with Crippen LogP contribution in [0.3, 0.4) is 0 Å². The Morgan fingerprint density at radius 1 is 0.833 bits per heavy atom.